The Labute approximate surface area is 186 Å². The number of rotatable bonds is 4. The zero-order valence-electron chi connectivity index (χ0n) is 18.2. The molecule has 1 aliphatic carbocycles. The predicted molar refractivity (Wildman–Crippen MR) is 123 cm³/mol. The first kappa shape index (κ1) is 19.2. The number of piperazine rings is 1. The van der Waals surface area contributed by atoms with E-state index in [0.717, 1.165) is 56.3 Å². The highest BCUT2D eigenvalue weighted by Gasteiger charge is 2.28. The van der Waals surface area contributed by atoms with Crippen molar-refractivity contribution in [3.63, 3.8) is 0 Å². The van der Waals surface area contributed by atoms with Crippen molar-refractivity contribution in [2.24, 2.45) is 0 Å². The van der Waals surface area contributed by atoms with Gasteiger partial charge in [0.2, 0.25) is 5.82 Å². The van der Waals surface area contributed by atoms with Crippen LogP contribution in [0.4, 0.5) is 11.5 Å². The number of hydrogen-bond acceptors (Lipinski definition) is 7. The second-order valence-electron chi connectivity index (χ2n) is 8.34. The van der Waals surface area contributed by atoms with Gasteiger partial charge in [0.25, 0.3) is 5.78 Å². The Balaban J connectivity index is 1.37. The Morgan fingerprint density at radius 3 is 2.53 bits per heavy atom. The standard InChI is InChI=1S/C24H26N6O2/c1-31-20-10-5-4-9-19(20)28-12-14-29(15-13-28)23-17-7-2-3-8-18(17)25-24-26-22(27-30(23)24)21-11-6-16-32-21/h4-6,9-11,16H,2-3,7-8,12-15H2,1H3. The molecule has 2 aliphatic rings. The normalized spacial score (nSPS) is 16.4. The van der Waals surface area contributed by atoms with Gasteiger partial charge in [-0.3, -0.25) is 0 Å². The van der Waals surface area contributed by atoms with E-state index < -0.39 is 0 Å². The first-order chi connectivity index (χ1) is 15.8. The smallest absolute Gasteiger partial charge is 0.255 e. The van der Waals surface area contributed by atoms with Crippen LogP contribution in [-0.4, -0.2) is 52.9 Å². The van der Waals surface area contributed by atoms with Crippen LogP contribution in [0.5, 0.6) is 5.75 Å². The fourth-order valence-corrected chi connectivity index (χ4v) is 4.91. The summed E-state index contributed by atoms with van der Waals surface area (Å²) in [5.74, 6) is 3.97. The molecule has 1 aliphatic heterocycles. The number of ether oxygens (including phenoxy) is 1. The largest absolute Gasteiger partial charge is 0.495 e. The van der Waals surface area contributed by atoms with E-state index in [1.165, 1.54) is 24.1 Å². The lowest BCUT2D eigenvalue weighted by atomic mass is 9.96. The Morgan fingerprint density at radius 1 is 0.906 bits per heavy atom. The molecule has 32 heavy (non-hydrogen) atoms. The van der Waals surface area contributed by atoms with Crippen molar-refractivity contribution in [1.29, 1.82) is 0 Å². The minimum Gasteiger partial charge on any atom is -0.495 e. The number of methoxy groups -OCH3 is 1. The van der Waals surface area contributed by atoms with Crippen LogP contribution in [0.1, 0.15) is 24.1 Å². The third-order valence-corrected chi connectivity index (χ3v) is 6.48. The molecule has 1 fully saturated rings. The van der Waals surface area contributed by atoms with Gasteiger partial charge in [0.05, 0.1) is 24.8 Å². The van der Waals surface area contributed by atoms with Crippen molar-refractivity contribution < 1.29 is 9.15 Å². The highest BCUT2D eigenvalue weighted by molar-refractivity contribution is 5.62. The van der Waals surface area contributed by atoms with Gasteiger partial charge in [-0.25, -0.2) is 4.98 Å². The quantitative estimate of drug-likeness (QED) is 0.490. The molecule has 0 amide bonds. The van der Waals surface area contributed by atoms with Crippen LogP contribution in [-0.2, 0) is 12.8 Å². The number of benzene rings is 1. The predicted octanol–water partition coefficient (Wildman–Crippen LogP) is 3.60. The average molecular weight is 431 g/mol. The minimum atomic E-state index is 0.582. The number of para-hydroxylation sites is 2. The van der Waals surface area contributed by atoms with E-state index in [0.29, 0.717) is 17.4 Å². The highest BCUT2D eigenvalue weighted by Crippen LogP contribution is 2.33. The third-order valence-electron chi connectivity index (χ3n) is 6.48. The molecule has 0 unspecified atom stereocenters. The minimum absolute atomic E-state index is 0.582. The van der Waals surface area contributed by atoms with Crippen LogP contribution in [0.3, 0.4) is 0 Å². The molecule has 6 rings (SSSR count). The van der Waals surface area contributed by atoms with E-state index in [4.69, 9.17) is 24.2 Å². The van der Waals surface area contributed by atoms with Gasteiger partial charge in [-0.15, -0.1) is 5.10 Å². The van der Waals surface area contributed by atoms with E-state index >= 15 is 0 Å². The molecule has 8 nitrogen and oxygen atoms in total. The summed E-state index contributed by atoms with van der Waals surface area (Å²) in [5, 5.41) is 4.82. The Morgan fingerprint density at radius 2 is 1.72 bits per heavy atom. The molecule has 0 N–H and O–H groups in total. The van der Waals surface area contributed by atoms with Gasteiger partial charge in [-0.05, 0) is 49.9 Å². The van der Waals surface area contributed by atoms with Crippen LogP contribution in [0.15, 0.2) is 47.1 Å². The maximum Gasteiger partial charge on any atom is 0.255 e. The number of anilines is 2. The number of aryl methyl sites for hydroxylation is 1. The fourth-order valence-electron chi connectivity index (χ4n) is 4.91. The number of fused-ring (bicyclic) bond motifs is 2. The lowest BCUT2D eigenvalue weighted by molar-refractivity contribution is 0.413. The fraction of sp³-hybridized carbons (Fsp3) is 0.375. The number of hydrogen-bond donors (Lipinski definition) is 0. The van der Waals surface area contributed by atoms with E-state index in [9.17, 15) is 0 Å². The molecule has 4 aromatic rings. The van der Waals surface area contributed by atoms with Crippen molar-refractivity contribution in [2.75, 3.05) is 43.1 Å². The summed E-state index contributed by atoms with van der Waals surface area (Å²) in [7, 11) is 1.73. The van der Waals surface area contributed by atoms with Gasteiger partial charge in [0.15, 0.2) is 5.76 Å². The van der Waals surface area contributed by atoms with Gasteiger partial charge in [-0.1, -0.05) is 12.1 Å². The van der Waals surface area contributed by atoms with Gasteiger partial charge in [-0.2, -0.15) is 9.50 Å². The third kappa shape index (κ3) is 3.18. The van der Waals surface area contributed by atoms with Gasteiger partial charge in [0, 0.05) is 31.7 Å². The summed E-state index contributed by atoms with van der Waals surface area (Å²) in [5.41, 5.74) is 3.65. The number of aromatic nitrogens is 4. The van der Waals surface area contributed by atoms with Crippen LogP contribution >= 0.6 is 0 Å². The van der Waals surface area contributed by atoms with Crippen molar-refractivity contribution in [3.8, 4) is 17.3 Å². The van der Waals surface area contributed by atoms with Crippen molar-refractivity contribution in [2.45, 2.75) is 25.7 Å². The summed E-state index contributed by atoms with van der Waals surface area (Å²) in [6.07, 6.45) is 6.06. The molecule has 0 atom stereocenters. The first-order valence-corrected chi connectivity index (χ1v) is 11.3. The first-order valence-electron chi connectivity index (χ1n) is 11.3. The van der Waals surface area contributed by atoms with E-state index in [1.807, 2.05) is 28.8 Å². The molecule has 1 aromatic carbocycles. The average Bonchev–Trinajstić information content (AvgIpc) is 3.52. The zero-order chi connectivity index (χ0) is 21.5. The number of furan rings is 1. The van der Waals surface area contributed by atoms with Crippen molar-refractivity contribution >= 4 is 17.3 Å². The van der Waals surface area contributed by atoms with E-state index in [2.05, 4.69) is 21.9 Å². The molecular weight excluding hydrogens is 404 g/mol. The molecule has 0 spiro atoms. The summed E-state index contributed by atoms with van der Waals surface area (Å²) in [6, 6.07) is 12.0. The van der Waals surface area contributed by atoms with Gasteiger partial charge >= 0.3 is 0 Å². The molecule has 0 saturated carbocycles. The topological polar surface area (TPSA) is 71.9 Å². The van der Waals surface area contributed by atoms with Crippen LogP contribution in [0.2, 0.25) is 0 Å². The Kier molecular flexibility index (Phi) is 4.70. The number of nitrogens with zero attached hydrogens (tertiary/aromatic N) is 6. The van der Waals surface area contributed by atoms with Crippen LogP contribution < -0.4 is 14.5 Å². The molecule has 164 valence electrons. The highest BCUT2D eigenvalue weighted by atomic mass is 16.5. The van der Waals surface area contributed by atoms with Crippen LogP contribution in [0, 0.1) is 0 Å². The molecule has 3 aromatic heterocycles. The molecule has 1 saturated heterocycles. The molecule has 0 bridgehead atoms. The second-order valence-corrected chi connectivity index (χ2v) is 8.34. The van der Waals surface area contributed by atoms with Crippen molar-refractivity contribution in [1.82, 2.24) is 19.6 Å². The SMILES string of the molecule is COc1ccccc1N1CCN(c2c3c(nc4nc(-c5ccco5)nn24)CCCC3)CC1. The summed E-state index contributed by atoms with van der Waals surface area (Å²) < 4.78 is 13.1. The maximum atomic E-state index is 5.59. The molecular formula is C24H26N6O2. The monoisotopic (exact) mass is 430 g/mol. The summed E-state index contributed by atoms with van der Waals surface area (Å²) in [6.45, 7) is 3.64. The zero-order valence-corrected chi connectivity index (χ0v) is 18.2. The van der Waals surface area contributed by atoms with E-state index in [-0.39, 0.29) is 0 Å². The van der Waals surface area contributed by atoms with Crippen LogP contribution in [0.25, 0.3) is 17.4 Å². The molecule has 4 heterocycles. The second kappa shape index (κ2) is 7.85. The van der Waals surface area contributed by atoms with Gasteiger partial charge in [0.1, 0.15) is 11.6 Å². The van der Waals surface area contributed by atoms with Crippen molar-refractivity contribution in [3.05, 3.63) is 53.9 Å². The Hall–Kier alpha value is -3.55. The summed E-state index contributed by atoms with van der Waals surface area (Å²) >= 11 is 0. The maximum absolute atomic E-state index is 5.59. The molecule has 0 radical (unpaired) electrons. The Bertz CT molecular complexity index is 1240. The van der Waals surface area contributed by atoms with E-state index in [1.54, 1.807) is 13.4 Å². The lowest BCUT2D eigenvalue weighted by Crippen LogP contribution is -2.47. The lowest BCUT2D eigenvalue weighted by Gasteiger charge is -2.38. The summed E-state index contributed by atoms with van der Waals surface area (Å²) in [4.78, 5) is 14.4. The molecule has 8 heteroatoms. The van der Waals surface area contributed by atoms with Gasteiger partial charge < -0.3 is 19.0 Å².